The summed E-state index contributed by atoms with van der Waals surface area (Å²) >= 11 is 0. The molecule has 24 heavy (non-hydrogen) atoms. The molecule has 1 heterocycles. The van der Waals surface area contributed by atoms with E-state index in [9.17, 15) is 4.79 Å². The first-order valence-electron chi connectivity index (χ1n) is 7.79. The quantitative estimate of drug-likeness (QED) is 0.816. The van der Waals surface area contributed by atoms with Gasteiger partial charge >= 0.3 is 6.09 Å². The zero-order valence-corrected chi connectivity index (χ0v) is 13.5. The van der Waals surface area contributed by atoms with Gasteiger partial charge in [-0.1, -0.05) is 12.1 Å². The van der Waals surface area contributed by atoms with Crippen molar-refractivity contribution in [1.29, 1.82) is 0 Å². The Labute approximate surface area is 140 Å². The molecule has 0 spiro atoms. The Morgan fingerprint density at radius 1 is 1.25 bits per heavy atom. The lowest BCUT2D eigenvalue weighted by Crippen LogP contribution is -2.31. The van der Waals surface area contributed by atoms with Gasteiger partial charge < -0.3 is 19.9 Å². The number of hydrogen-bond acceptors (Lipinski definition) is 4. The van der Waals surface area contributed by atoms with E-state index in [0.29, 0.717) is 18.9 Å². The number of hydrogen-bond donors (Lipinski definition) is 2. The normalized spacial score (nSPS) is 14.7. The van der Waals surface area contributed by atoms with Crippen LogP contribution in [0.5, 0.6) is 11.5 Å². The van der Waals surface area contributed by atoms with Gasteiger partial charge in [-0.05, 0) is 36.6 Å². The van der Waals surface area contributed by atoms with E-state index in [1.807, 2.05) is 30.3 Å². The van der Waals surface area contributed by atoms with Gasteiger partial charge in [0.25, 0.3) is 0 Å². The third-order valence-corrected chi connectivity index (χ3v) is 4.23. The molecule has 1 saturated carbocycles. The van der Waals surface area contributed by atoms with Crippen molar-refractivity contribution in [2.24, 2.45) is 5.41 Å². The van der Waals surface area contributed by atoms with Crippen LogP contribution >= 0.6 is 0 Å². The molecule has 3 rings (SSSR count). The molecule has 1 amide bonds. The molecular formula is C18H20N2O4. The van der Waals surface area contributed by atoms with Crippen LogP contribution in [0.25, 0.3) is 11.1 Å². The van der Waals surface area contributed by atoms with Crippen LogP contribution in [0.15, 0.2) is 42.7 Å². The maximum absolute atomic E-state index is 10.6. The van der Waals surface area contributed by atoms with Crippen LogP contribution in [0.2, 0.25) is 0 Å². The molecular weight excluding hydrogens is 308 g/mol. The molecule has 1 aliphatic rings. The van der Waals surface area contributed by atoms with Crippen LogP contribution in [-0.4, -0.2) is 36.4 Å². The molecule has 0 saturated heterocycles. The first-order valence-corrected chi connectivity index (χ1v) is 7.79. The number of amides is 1. The molecule has 0 atom stereocenters. The predicted molar refractivity (Wildman–Crippen MR) is 89.4 cm³/mol. The van der Waals surface area contributed by atoms with Gasteiger partial charge in [0.2, 0.25) is 0 Å². The zero-order valence-electron chi connectivity index (χ0n) is 13.5. The second kappa shape index (κ2) is 6.78. The van der Waals surface area contributed by atoms with E-state index in [1.54, 1.807) is 19.5 Å². The third kappa shape index (κ3) is 3.95. The van der Waals surface area contributed by atoms with Gasteiger partial charge in [-0.2, -0.15) is 0 Å². The zero-order chi connectivity index (χ0) is 17.0. The number of carboxylic acid groups (broad SMARTS) is 1. The molecule has 1 aromatic carbocycles. The first kappa shape index (κ1) is 16.1. The van der Waals surface area contributed by atoms with E-state index >= 15 is 0 Å². The van der Waals surface area contributed by atoms with Gasteiger partial charge in [-0.3, -0.25) is 4.98 Å². The minimum Gasteiger partial charge on any atom is -0.497 e. The fourth-order valence-electron chi connectivity index (χ4n) is 2.51. The van der Waals surface area contributed by atoms with Crippen LogP contribution in [-0.2, 0) is 0 Å². The molecule has 0 bridgehead atoms. The highest BCUT2D eigenvalue weighted by Gasteiger charge is 2.43. The van der Waals surface area contributed by atoms with Gasteiger partial charge in [0.15, 0.2) is 0 Å². The van der Waals surface area contributed by atoms with E-state index in [1.165, 1.54) is 0 Å². The lowest BCUT2D eigenvalue weighted by atomic mass is 10.1. The summed E-state index contributed by atoms with van der Waals surface area (Å²) in [5.74, 6) is 1.47. The SMILES string of the molecule is COc1cccc(-c2cncc(OCC3(CNC(=O)O)CC3)c2)c1. The molecule has 6 heteroatoms. The van der Waals surface area contributed by atoms with Gasteiger partial charge in [0.05, 0.1) is 19.9 Å². The average molecular weight is 328 g/mol. The molecule has 126 valence electrons. The Morgan fingerprint density at radius 3 is 2.75 bits per heavy atom. The smallest absolute Gasteiger partial charge is 0.404 e. The molecule has 0 aliphatic heterocycles. The molecule has 0 unspecified atom stereocenters. The van der Waals surface area contributed by atoms with Crippen LogP contribution in [0.4, 0.5) is 4.79 Å². The largest absolute Gasteiger partial charge is 0.497 e. The van der Waals surface area contributed by atoms with Crippen molar-refractivity contribution in [1.82, 2.24) is 10.3 Å². The summed E-state index contributed by atoms with van der Waals surface area (Å²) in [7, 11) is 1.64. The summed E-state index contributed by atoms with van der Waals surface area (Å²) < 4.78 is 11.1. The summed E-state index contributed by atoms with van der Waals surface area (Å²) in [6, 6.07) is 9.69. The number of benzene rings is 1. The number of aromatic nitrogens is 1. The van der Waals surface area contributed by atoms with E-state index in [-0.39, 0.29) is 5.41 Å². The van der Waals surface area contributed by atoms with Gasteiger partial charge in [-0.15, -0.1) is 0 Å². The second-order valence-electron chi connectivity index (χ2n) is 6.09. The molecule has 0 radical (unpaired) electrons. The van der Waals surface area contributed by atoms with Crippen molar-refractivity contribution in [3.8, 4) is 22.6 Å². The molecule has 1 fully saturated rings. The van der Waals surface area contributed by atoms with E-state index < -0.39 is 6.09 Å². The second-order valence-corrected chi connectivity index (χ2v) is 6.09. The Kier molecular flexibility index (Phi) is 4.55. The van der Waals surface area contributed by atoms with Gasteiger partial charge in [-0.25, -0.2) is 4.79 Å². The maximum atomic E-state index is 10.6. The number of carbonyl (C=O) groups is 1. The Balaban J connectivity index is 1.66. The molecule has 6 nitrogen and oxygen atoms in total. The third-order valence-electron chi connectivity index (χ3n) is 4.23. The van der Waals surface area contributed by atoms with Gasteiger partial charge in [0.1, 0.15) is 11.5 Å². The van der Waals surface area contributed by atoms with E-state index in [0.717, 1.165) is 29.7 Å². The minimum atomic E-state index is -0.997. The number of pyridine rings is 1. The van der Waals surface area contributed by atoms with Crippen molar-refractivity contribution in [3.63, 3.8) is 0 Å². The van der Waals surface area contributed by atoms with E-state index in [4.69, 9.17) is 14.6 Å². The van der Waals surface area contributed by atoms with Crippen LogP contribution in [0.3, 0.4) is 0 Å². The highest BCUT2D eigenvalue weighted by molar-refractivity contribution is 5.65. The predicted octanol–water partition coefficient (Wildman–Crippen LogP) is 3.18. The van der Waals surface area contributed by atoms with Crippen molar-refractivity contribution < 1.29 is 19.4 Å². The summed E-state index contributed by atoms with van der Waals surface area (Å²) in [6.07, 6.45) is 4.39. The molecule has 1 aromatic heterocycles. The summed E-state index contributed by atoms with van der Waals surface area (Å²) in [5, 5.41) is 11.2. The van der Waals surface area contributed by atoms with Crippen LogP contribution < -0.4 is 14.8 Å². The lowest BCUT2D eigenvalue weighted by molar-refractivity contribution is 0.184. The van der Waals surface area contributed by atoms with E-state index in [2.05, 4.69) is 10.3 Å². The Bertz CT molecular complexity index is 728. The van der Waals surface area contributed by atoms with Crippen molar-refractivity contribution in [2.75, 3.05) is 20.3 Å². The monoisotopic (exact) mass is 328 g/mol. The minimum absolute atomic E-state index is 0.0790. The number of nitrogens with one attached hydrogen (secondary N) is 1. The van der Waals surface area contributed by atoms with Crippen LogP contribution in [0, 0.1) is 5.41 Å². The summed E-state index contributed by atoms with van der Waals surface area (Å²) in [6.45, 7) is 0.905. The topological polar surface area (TPSA) is 80.7 Å². The molecule has 2 aromatic rings. The highest BCUT2D eigenvalue weighted by Crippen LogP contribution is 2.45. The maximum Gasteiger partial charge on any atom is 0.404 e. The van der Waals surface area contributed by atoms with Crippen molar-refractivity contribution in [3.05, 3.63) is 42.7 Å². The number of rotatable bonds is 7. The summed E-state index contributed by atoms with van der Waals surface area (Å²) in [4.78, 5) is 14.9. The molecule has 2 N–H and O–H groups in total. The highest BCUT2D eigenvalue weighted by atomic mass is 16.5. The number of ether oxygens (including phenoxy) is 2. The van der Waals surface area contributed by atoms with Gasteiger partial charge in [0, 0.05) is 23.7 Å². The Morgan fingerprint density at radius 2 is 2.04 bits per heavy atom. The van der Waals surface area contributed by atoms with Crippen LogP contribution in [0.1, 0.15) is 12.8 Å². The first-order chi connectivity index (χ1) is 11.6. The average Bonchev–Trinajstić information content (AvgIpc) is 3.39. The van der Waals surface area contributed by atoms with Crippen molar-refractivity contribution >= 4 is 6.09 Å². The summed E-state index contributed by atoms with van der Waals surface area (Å²) in [5.41, 5.74) is 1.87. The standard InChI is InChI=1S/C18H20N2O4/c1-23-15-4-2-3-13(7-15)14-8-16(10-19-9-14)24-12-18(5-6-18)11-20-17(21)22/h2-4,7-10,20H,5-6,11-12H2,1H3,(H,21,22). The number of methoxy groups -OCH3 is 1. The fourth-order valence-corrected chi connectivity index (χ4v) is 2.51. The molecule has 1 aliphatic carbocycles. The fraction of sp³-hybridized carbons (Fsp3) is 0.333. The lowest BCUT2D eigenvalue weighted by Gasteiger charge is -2.16. The Hall–Kier alpha value is -2.76. The number of nitrogens with zero attached hydrogens (tertiary/aromatic N) is 1. The van der Waals surface area contributed by atoms with Crippen molar-refractivity contribution in [2.45, 2.75) is 12.8 Å².